The summed E-state index contributed by atoms with van der Waals surface area (Å²) in [5, 5.41) is 0. The van der Waals surface area contributed by atoms with Crippen LogP contribution in [0.15, 0.2) is 18.2 Å². The second kappa shape index (κ2) is 5.43. The predicted molar refractivity (Wildman–Crippen MR) is 79.5 cm³/mol. The highest BCUT2D eigenvalue weighted by molar-refractivity contribution is 9.09. The number of alkyl halides is 1. The molecule has 2 rings (SSSR count). The zero-order valence-corrected chi connectivity index (χ0v) is 12.8. The highest BCUT2D eigenvalue weighted by Gasteiger charge is 2.29. The summed E-state index contributed by atoms with van der Waals surface area (Å²) in [5.41, 5.74) is 3.77. The summed E-state index contributed by atoms with van der Waals surface area (Å²) in [7, 11) is 0. The van der Waals surface area contributed by atoms with E-state index in [4.69, 9.17) is 0 Å². The Morgan fingerprint density at radius 2 is 2.28 bits per heavy atom. The highest BCUT2D eigenvalue weighted by Crippen LogP contribution is 2.33. The van der Waals surface area contributed by atoms with Crippen molar-refractivity contribution in [3.63, 3.8) is 0 Å². The Bertz CT molecular complexity index is 456. The van der Waals surface area contributed by atoms with Gasteiger partial charge in [-0.05, 0) is 37.0 Å². The Morgan fingerprint density at radius 3 is 2.89 bits per heavy atom. The molecule has 1 aliphatic heterocycles. The number of amides is 1. The Balaban J connectivity index is 2.29. The van der Waals surface area contributed by atoms with Crippen molar-refractivity contribution in [3.05, 3.63) is 29.3 Å². The average molecular weight is 310 g/mol. The molecule has 2 nitrogen and oxygen atoms in total. The van der Waals surface area contributed by atoms with Crippen molar-refractivity contribution in [1.29, 1.82) is 0 Å². The molecule has 3 heteroatoms. The zero-order valence-electron chi connectivity index (χ0n) is 11.2. The van der Waals surface area contributed by atoms with Crippen molar-refractivity contribution >= 4 is 27.5 Å². The van der Waals surface area contributed by atoms with Crippen LogP contribution in [-0.4, -0.2) is 16.8 Å². The Hall–Kier alpha value is -0.830. The van der Waals surface area contributed by atoms with Gasteiger partial charge in [-0.1, -0.05) is 41.9 Å². The largest absolute Gasteiger partial charge is 0.309 e. The number of hydrogen-bond acceptors (Lipinski definition) is 1. The Kier molecular flexibility index (Phi) is 4.10. The fraction of sp³-hybridized carbons (Fsp3) is 0.533. The summed E-state index contributed by atoms with van der Waals surface area (Å²) in [5.74, 6) is 0.225. The lowest BCUT2D eigenvalue weighted by molar-refractivity contribution is -0.118. The maximum absolute atomic E-state index is 12.0. The van der Waals surface area contributed by atoms with Crippen molar-refractivity contribution in [2.75, 3.05) is 4.90 Å². The van der Waals surface area contributed by atoms with E-state index in [-0.39, 0.29) is 5.91 Å². The average Bonchev–Trinajstić information content (AvgIpc) is 2.62. The van der Waals surface area contributed by atoms with Gasteiger partial charge in [-0.3, -0.25) is 4.79 Å². The molecule has 18 heavy (non-hydrogen) atoms. The summed E-state index contributed by atoms with van der Waals surface area (Å²) in [6, 6.07) is 6.80. The molecule has 0 saturated heterocycles. The molecule has 2 atom stereocenters. The molecule has 1 aromatic carbocycles. The van der Waals surface area contributed by atoms with E-state index in [1.807, 2.05) is 11.8 Å². The van der Waals surface area contributed by atoms with Gasteiger partial charge in [-0.15, -0.1) is 0 Å². The quantitative estimate of drug-likeness (QED) is 0.780. The number of benzene rings is 1. The fourth-order valence-corrected chi connectivity index (χ4v) is 3.06. The molecule has 2 unspecified atom stereocenters. The number of fused-ring (bicyclic) bond motifs is 1. The van der Waals surface area contributed by atoms with Crippen molar-refractivity contribution in [2.45, 2.75) is 50.9 Å². The Labute approximate surface area is 117 Å². The first kappa shape index (κ1) is 13.6. The molecular formula is C15H20BrNO. The second-order valence-electron chi connectivity index (χ2n) is 5.12. The number of hydrogen-bond donors (Lipinski definition) is 0. The predicted octanol–water partition coefficient (Wildman–Crippen LogP) is 3.70. The summed E-state index contributed by atoms with van der Waals surface area (Å²) in [6.45, 7) is 6.21. The molecule has 0 bridgehead atoms. The molecular weight excluding hydrogens is 290 g/mol. The van der Waals surface area contributed by atoms with Gasteiger partial charge < -0.3 is 4.90 Å². The van der Waals surface area contributed by atoms with E-state index in [9.17, 15) is 4.79 Å². The minimum atomic E-state index is 0.225. The Morgan fingerprint density at radius 1 is 1.56 bits per heavy atom. The van der Waals surface area contributed by atoms with Gasteiger partial charge in [0.05, 0.1) is 0 Å². The molecule has 98 valence electrons. The van der Waals surface area contributed by atoms with Crippen LogP contribution in [0.5, 0.6) is 0 Å². The number of nitrogens with zero attached hydrogens (tertiary/aromatic N) is 1. The molecule has 0 aliphatic carbocycles. The van der Waals surface area contributed by atoms with Gasteiger partial charge in [0.25, 0.3) is 0 Å². The van der Waals surface area contributed by atoms with Crippen molar-refractivity contribution in [3.8, 4) is 0 Å². The number of carbonyl (C=O) groups excluding carboxylic acids is 1. The molecule has 1 aromatic rings. The van der Waals surface area contributed by atoms with Crippen LogP contribution in [0.25, 0.3) is 0 Å². The number of carbonyl (C=O) groups is 1. The highest BCUT2D eigenvalue weighted by atomic mass is 79.9. The van der Waals surface area contributed by atoms with Gasteiger partial charge >= 0.3 is 0 Å². The lowest BCUT2D eigenvalue weighted by atomic mass is 10.0. The van der Waals surface area contributed by atoms with Crippen LogP contribution >= 0.6 is 15.9 Å². The minimum absolute atomic E-state index is 0.225. The van der Waals surface area contributed by atoms with Crippen molar-refractivity contribution in [1.82, 2.24) is 0 Å². The molecule has 0 aromatic heterocycles. The van der Waals surface area contributed by atoms with Crippen molar-refractivity contribution in [2.24, 2.45) is 0 Å². The van der Waals surface area contributed by atoms with Gasteiger partial charge in [0.1, 0.15) is 0 Å². The lowest BCUT2D eigenvalue weighted by Crippen LogP contribution is -2.35. The lowest BCUT2D eigenvalue weighted by Gasteiger charge is -2.22. The summed E-state index contributed by atoms with van der Waals surface area (Å²) in [6.07, 6.45) is 2.58. The van der Waals surface area contributed by atoms with Crippen LogP contribution in [0.1, 0.15) is 38.3 Å². The molecule has 1 aliphatic rings. The molecule has 1 heterocycles. The summed E-state index contributed by atoms with van der Waals surface area (Å²) in [4.78, 5) is 14.4. The first-order valence-electron chi connectivity index (χ1n) is 6.60. The topological polar surface area (TPSA) is 20.3 Å². The third-order valence-corrected chi connectivity index (χ3v) is 3.77. The first-order valence-corrected chi connectivity index (χ1v) is 7.52. The fourth-order valence-electron chi connectivity index (χ4n) is 2.69. The van der Waals surface area contributed by atoms with E-state index in [2.05, 4.69) is 48.0 Å². The van der Waals surface area contributed by atoms with E-state index in [1.54, 1.807) is 0 Å². The monoisotopic (exact) mass is 309 g/mol. The smallest absolute Gasteiger partial charge is 0.226 e. The molecule has 0 spiro atoms. The van der Waals surface area contributed by atoms with Crippen LogP contribution < -0.4 is 4.90 Å². The van der Waals surface area contributed by atoms with Gasteiger partial charge in [-0.25, -0.2) is 0 Å². The molecule has 0 radical (unpaired) electrons. The summed E-state index contributed by atoms with van der Waals surface area (Å²) >= 11 is 3.59. The molecule has 0 N–H and O–H groups in total. The van der Waals surface area contributed by atoms with Gasteiger partial charge in [0.2, 0.25) is 5.91 Å². The van der Waals surface area contributed by atoms with E-state index >= 15 is 0 Å². The molecule has 0 saturated carbocycles. The summed E-state index contributed by atoms with van der Waals surface area (Å²) < 4.78 is 0. The minimum Gasteiger partial charge on any atom is -0.309 e. The number of halogens is 1. The van der Waals surface area contributed by atoms with Crippen LogP contribution in [0.3, 0.4) is 0 Å². The van der Waals surface area contributed by atoms with E-state index in [0.717, 1.165) is 18.5 Å². The third-order valence-electron chi connectivity index (χ3n) is 3.45. The number of rotatable bonds is 3. The first-order chi connectivity index (χ1) is 8.52. The zero-order chi connectivity index (χ0) is 13.3. The van der Waals surface area contributed by atoms with E-state index < -0.39 is 0 Å². The van der Waals surface area contributed by atoms with E-state index in [0.29, 0.717) is 17.3 Å². The standard InChI is InChI=1S/C15H20BrNO/c1-4-15(18)17-11(3)8-13-9-12(7-10(2)16)5-6-14(13)17/h5-6,9-11H,4,7-8H2,1-3H3. The van der Waals surface area contributed by atoms with E-state index in [1.165, 1.54) is 11.1 Å². The van der Waals surface area contributed by atoms with Crippen molar-refractivity contribution < 1.29 is 4.79 Å². The third kappa shape index (κ3) is 2.61. The van der Waals surface area contributed by atoms with Crippen LogP contribution in [0.4, 0.5) is 5.69 Å². The van der Waals surface area contributed by atoms with Crippen LogP contribution in [0.2, 0.25) is 0 Å². The second-order valence-corrected chi connectivity index (χ2v) is 6.68. The molecule has 1 amide bonds. The maximum Gasteiger partial charge on any atom is 0.226 e. The number of anilines is 1. The van der Waals surface area contributed by atoms with Gasteiger partial charge in [0, 0.05) is 23.0 Å². The SMILES string of the molecule is CCC(=O)N1c2ccc(CC(C)Br)cc2CC1C. The van der Waals surface area contributed by atoms with Crippen LogP contribution in [0, 0.1) is 0 Å². The maximum atomic E-state index is 12.0. The van der Waals surface area contributed by atoms with Gasteiger partial charge in [0.15, 0.2) is 0 Å². The normalized spacial score (nSPS) is 19.8. The molecule has 0 fully saturated rings. The van der Waals surface area contributed by atoms with Gasteiger partial charge in [-0.2, -0.15) is 0 Å². The van der Waals surface area contributed by atoms with Crippen LogP contribution in [-0.2, 0) is 17.6 Å².